The molecule has 0 saturated carbocycles. The minimum absolute atomic E-state index is 0.0360. The van der Waals surface area contributed by atoms with Crippen molar-refractivity contribution in [1.82, 2.24) is 10.3 Å². The number of aromatic amines is 1. The number of aliphatic imine (C=N–C) groups is 1. The fourth-order valence-electron chi connectivity index (χ4n) is 4.37. The number of unbranched alkanes of at least 4 members (excludes halogenated alkanes) is 1. The normalized spacial score (nSPS) is 13.1. The van der Waals surface area contributed by atoms with Gasteiger partial charge in [0.25, 0.3) is 5.91 Å². The second kappa shape index (κ2) is 13.5. The van der Waals surface area contributed by atoms with Crippen LogP contribution in [0, 0.1) is 0 Å². The van der Waals surface area contributed by atoms with Crippen molar-refractivity contribution in [2.75, 3.05) is 6.54 Å². The van der Waals surface area contributed by atoms with Crippen LogP contribution in [0.1, 0.15) is 94.8 Å². The van der Waals surface area contributed by atoms with Crippen LogP contribution in [0.5, 0.6) is 0 Å². The fourth-order valence-corrected chi connectivity index (χ4v) is 4.37. The highest BCUT2D eigenvalue weighted by Crippen LogP contribution is 2.27. The van der Waals surface area contributed by atoms with E-state index in [1.807, 2.05) is 51.1 Å². The summed E-state index contributed by atoms with van der Waals surface area (Å²) in [4.78, 5) is 44.2. The van der Waals surface area contributed by atoms with E-state index >= 15 is 0 Å². The Labute approximate surface area is 241 Å². The molecule has 3 aromatic rings. The molecular formula is C32H42N4O5. The maximum absolute atomic E-state index is 12.8. The molecule has 0 aliphatic carbocycles. The second-order valence-corrected chi connectivity index (χ2v) is 12.1. The molecule has 0 aliphatic rings. The first-order valence-corrected chi connectivity index (χ1v) is 14.0. The third-order valence-electron chi connectivity index (χ3n) is 6.14. The third-order valence-corrected chi connectivity index (χ3v) is 6.14. The molecule has 9 heteroatoms. The van der Waals surface area contributed by atoms with Gasteiger partial charge in [0.15, 0.2) is 0 Å². The van der Waals surface area contributed by atoms with E-state index in [9.17, 15) is 14.4 Å². The van der Waals surface area contributed by atoms with Crippen molar-refractivity contribution in [2.24, 2.45) is 10.7 Å². The van der Waals surface area contributed by atoms with Crippen LogP contribution in [0.3, 0.4) is 0 Å². The number of nitrogens with zero attached hydrogens (tertiary/aromatic N) is 1. The average Bonchev–Trinajstić information content (AvgIpc) is 3.29. The SMILES string of the molecule is CC(C)(C)OC(=O)CC(CCCCNC(=O)c1cc2cc(/C(N)=N\C(=O)OC(C)(C)C)ccc2[nH]1)c1ccccc1. The molecule has 9 nitrogen and oxygen atoms in total. The molecule has 2 aromatic carbocycles. The summed E-state index contributed by atoms with van der Waals surface area (Å²) in [6.45, 7) is 11.4. The van der Waals surface area contributed by atoms with E-state index in [0.29, 0.717) is 24.2 Å². The first-order valence-electron chi connectivity index (χ1n) is 14.0. The highest BCUT2D eigenvalue weighted by molar-refractivity contribution is 6.06. The molecule has 3 rings (SSSR count). The Morgan fingerprint density at radius 2 is 1.61 bits per heavy atom. The zero-order chi connectivity index (χ0) is 30.2. The molecular weight excluding hydrogens is 520 g/mol. The Hall–Kier alpha value is -4.14. The van der Waals surface area contributed by atoms with Gasteiger partial charge in [-0.05, 0) is 90.1 Å². The lowest BCUT2D eigenvalue weighted by atomic mass is 9.90. The zero-order valence-electron chi connectivity index (χ0n) is 24.9. The topological polar surface area (TPSA) is 136 Å². The predicted molar refractivity (Wildman–Crippen MR) is 161 cm³/mol. The van der Waals surface area contributed by atoms with E-state index in [4.69, 9.17) is 15.2 Å². The second-order valence-electron chi connectivity index (χ2n) is 12.1. The van der Waals surface area contributed by atoms with Gasteiger partial charge in [0, 0.05) is 23.0 Å². The Morgan fingerprint density at radius 1 is 0.927 bits per heavy atom. The summed E-state index contributed by atoms with van der Waals surface area (Å²) in [5.41, 5.74) is 7.66. The number of aromatic nitrogens is 1. The van der Waals surface area contributed by atoms with E-state index in [2.05, 4.69) is 15.3 Å². The summed E-state index contributed by atoms with van der Waals surface area (Å²) in [5.74, 6) is -0.337. The van der Waals surface area contributed by atoms with Gasteiger partial charge in [-0.3, -0.25) is 9.59 Å². The Balaban J connectivity index is 1.54. The summed E-state index contributed by atoms with van der Waals surface area (Å²) in [6, 6.07) is 17.0. The summed E-state index contributed by atoms with van der Waals surface area (Å²) in [6.07, 6.45) is 1.97. The summed E-state index contributed by atoms with van der Waals surface area (Å²) in [5, 5.41) is 3.73. The van der Waals surface area contributed by atoms with Gasteiger partial charge < -0.3 is 25.5 Å². The number of hydrogen-bond donors (Lipinski definition) is 3. The molecule has 1 unspecified atom stereocenters. The summed E-state index contributed by atoms with van der Waals surface area (Å²) in [7, 11) is 0. The molecule has 0 spiro atoms. The Kier molecular flexibility index (Phi) is 10.3. The van der Waals surface area contributed by atoms with Crippen molar-refractivity contribution in [3.63, 3.8) is 0 Å². The standard InChI is InChI=1S/C32H42N4O5/c1-31(2,3)40-27(37)20-22(21-12-8-7-9-13-21)14-10-11-17-34-29(38)26-19-24-18-23(15-16-25(24)35-26)28(33)36-30(39)41-32(4,5)6/h7-9,12-13,15-16,18-19,22,35H,10-11,14,17,20H2,1-6H3,(H,34,38)(H2,33,36,39). The molecule has 0 saturated heterocycles. The monoisotopic (exact) mass is 562 g/mol. The van der Waals surface area contributed by atoms with Crippen LogP contribution in [-0.4, -0.2) is 46.5 Å². The molecule has 0 aliphatic heterocycles. The molecule has 4 N–H and O–H groups in total. The van der Waals surface area contributed by atoms with Gasteiger partial charge in [0.05, 0.1) is 6.42 Å². The van der Waals surface area contributed by atoms with Crippen molar-refractivity contribution in [3.05, 3.63) is 71.4 Å². The number of fused-ring (bicyclic) bond motifs is 1. The van der Waals surface area contributed by atoms with E-state index < -0.39 is 17.3 Å². The van der Waals surface area contributed by atoms with Gasteiger partial charge in [0.1, 0.15) is 22.7 Å². The maximum Gasteiger partial charge on any atom is 0.436 e. The number of hydrogen-bond acceptors (Lipinski definition) is 5. The first kappa shape index (κ1) is 31.4. The maximum atomic E-state index is 12.8. The van der Waals surface area contributed by atoms with Gasteiger partial charge in [0.2, 0.25) is 0 Å². The fraction of sp³-hybridized carbons (Fsp3) is 0.438. The van der Waals surface area contributed by atoms with Crippen LogP contribution in [0.25, 0.3) is 10.9 Å². The number of benzene rings is 2. The van der Waals surface area contributed by atoms with Crippen LogP contribution in [0.4, 0.5) is 4.79 Å². The number of carbonyl (C=O) groups excluding carboxylic acids is 3. The van der Waals surface area contributed by atoms with Gasteiger partial charge in [-0.1, -0.05) is 36.8 Å². The molecule has 0 fully saturated rings. The smallest absolute Gasteiger partial charge is 0.436 e. The Morgan fingerprint density at radius 3 is 2.27 bits per heavy atom. The van der Waals surface area contributed by atoms with Crippen LogP contribution in [0.2, 0.25) is 0 Å². The van der Waals surface area contributed by atoms with Crippen LogP contribution >= 0.6 is 0 Å². The van der Waals surface area contributed by atoms with E-state index in [1.54, 1.807) is 45.0 Å². The van der Waals surface area contributed by atoms with Crippen LogP contribution in [-0.2, 0) is 14.3 Å². The minimum Gasteiger partial charge on any atom is -0.460 e. The molecule has 220 valence electrons. The third kappa shape index (κ3) is 10.4. The highest BCUT2D eigenvalue weighted by atomic mass is 16.6. The number of nitrogens with two attached hydrogens (primary N) is 1. The van der Waals surface area contributed by atoms with Gasteiger partial charge in [-0.2, -0.15) is 4.99 Å². The van der Waals surface area contributed by atoms with E-state index in [0.717, 1.165) is 35.7 Å². The van der Waals surface area contributed by atoms with Crippen molar-refractivity contribution < 1.29 is 23.9 Å². The predicted octanol–water partition coefficient (Wildman–Crippen LogP) is 6.22. The lowest BCUT2D eigenvalue weighted by Gasteiger charge is -2.22. The Bertz CT molecular complexity index is 1380. The number of esters is 1. The minimum atomic E-state index is -0.760. The van der Waals surface area contributed by atoms with Crippen molar-refractivity contribution in [2.45, 2.75) is 84.3 Å². The molecule has 2 amide bonds. The zero-order valence-corrected chi connectivity index (χ0v) is 24.9. The van der Waals surface area contributed by atoms with Crippen molar-refractivity contribution in [3.8, 4) is 0 Å². The molecule has 1 aromatic heterocycles. The van der Waals surface area contributed by atoms with Gasteiger partial charge in [-0.25, -0.2) is 4.79 Å². The molecule has 0 radical (unpaired) electrons. The lowest BCUT2D eigenvalue weighted by molar-refractivity contribution is -0.155. The summed E-state index contributed by atoms with van der Waals surface area (Å²) < 4.78 is 10.7. The largest absolute Gasteiger partial charge is 0.460 e. The molecule has 0 bridgehead atoms. The number of ether oxygens (including phenoxy) is 2. The number of H-pyrrole nitrogens is 1. The number of amides is 2. The van der Waals surface area contributed by atoms with Crippen molar-refractivity contribution >= 4 is 34.7 Å². The molecule has 41 heavy (non-hydrogen) atoms. The number of rotatable bonds is 10. The van der Waals surface area contributed by atoms with Crippen LogP contribution in [0.15, 0.2) is 59.6 Å². The number of carbonyl (C=O) groups is 3. The summed E-state index contributed by atoms with van der Waals surface area (Å²) >= 11 is 0. The molecule has 1 heterocycles. The van der Waals surface area contributed by atoms with E-state index in [1.165, 1.54) is 0 Å². The quantitative estimate of drug-likeness (QED) is 0.116. The van der Waals surface area contributed by atoms with Gasteiger partial charge in [-0.15, -0.1) is 0 Å². The molecule has 1 atom stereocenters. The first-order chi connectivity index (χ1) is 19.2. The van der Waals surface area contributed by atoms with Crippen LogP contribution < -0.4 is 11.1 Å². The number of nitrogens with one attached hydrogen (secondary N) is 2. The highest BCUT2D eigenvalue weighted by Gasteiger charge is 2.22. The average molecular weight is 563 g/mol. The van der Waals surface area contributed by atoms with Gasteiger partial charge >= 0.3 is 12.1 Å². The van der Waals surface area contributed by atoms with E-state index in [-0.39, 0.29) is 23.6 Å². The lowest BCUT2D eigenvalue weighted by Crippen LogP contribution is -2.25. The van der Waals surface area contributed by atoms with Crippen molar-refractivity contribution in [1.29, 1.82) is 0 Å². The number of amidine groups is 1.